The molecular weight excluding hydrogens is 500 g/mol. The molecule has 1 aliphatic carbocycles. The van der Waals surface area contributed by atoms with Crippen LogP contribution >= 0.6 is 0 Å². The Balaban J connectivity index is 1.66. The second-order valence-corrected chi connectivity index (χ2v) is 9.95. The van der Waals surface area contributed by atoms with Crippen LogP contribution in [-0.4, -0.2) is 48.6 Å². The Kier molecular flexibility index (Phi) is 9.90. The highest BCUT2D eigenvalue weighted by atomic mass is 16.5. The van der Waals surface area contributed by atoms with Crippen molar-refractivity contribution in [2.75, 3.05) is 26.8 Å². The molecule has 4 rings (SSSR count). The zero-order valence-corrected chi connectivity index (χ0v) is 23.9. The van der Waals surface area contributed by atoms with Crippen molar-refractivity contribution < 1.29 is 19.1 Å². The van der Waals surface area contributed by atoms with Crippen molar-refractivity contribution in [1.29, 1.82) is 0 Å². The molecule has 0 saturated heterocycles. The van der Waals surface area contributed by atoms with Gasteiger partial charge in [-0.2, -0.15) is 0 Å². The largest absolute Gasteiger partial charge is 0.496 e. The second kappa shape index (κ2) is 13.7. The van der Waals surface area contributed by atoms with Crippen LogP contribution in [0.25, 0.3) is 22.0 Å². The molecule has 40 heavy (non-hydrogen) atoms. The summed E-state index contributed by atoms with van der Waals surface area (Å²) in [5.74, 6) is 0.942. The molecule has 1 fully saturated rings. The monoisotopic (exact) mass is 538 g/mol. The van der Waals surface area contributed by atoms with Gasteiger partial charge in [-0.05, 0) is 86.2 Å². The molecule has 0 spiro atoms. The van der Waals surface area contributed by atoms with Gasteiger partial charge in [0.25, 0.3) is 0 Å². The van der Waals surface area contributed by atoms with Gasteiger partial charge < -0.3 is 14.4 Å². The summed E-state index contributed by atoms with van der Waals surface area (Å²) in [6.07, 6.45) is 12.3. The number of aromatic nitrogens is 1. The minimum atomic E-state index is -0.250. The van der Waals surface area contributed by atoms with Gasteiger partial charge in [0.1, 0.15) is 5.75 Å². The second-order valence-electron chi connectivity index (χ2n) is 9.95. The number of hydrogen-bond donors (Lipinski definition) is 0. The Morgan fingerprint density at radius 1 is 1.07 bits per heavy atom. The Bertz CT molecular complexity index is 1450. The molecule has 0 unspecified atom stereocenters. The topological polar surface area (TPSA) is 68.7 Å². The number of likely N-dealkylation sites (N-methyl/N-ethyl adjacent to an activating group) is 1. The molecule has 208 valence electrons. The van der Waals surface area contributed by atoms with Crippen LogP contribution in [0.5, 0.6) is 5.75 Å². The Morgan fingerprint density at radius 3 is 2.62 bits per heavy atom. The highest BCUT2D eigenvalue weighted by Gasteiger charge is 2.32. The van der Waals surface area contributed by atoms with Crippen molar-refractivity contribution in [3.8, 4) is 5.75 Å². The molecule has 1 saturated carbocycles. The number of allylic oxidation sites excluding steroid dienone is 5. The number of esters is 1. The lowest BCUT2D eigenvalue weighted by Crippen LogP contribution is -2.32. The summed E-state index contributed by atoms with van der Waals surface area (Å²) in [7, 11) is 1.65. The lowest BCUT2D eigenvalue weighted by Gasteiger charge is -2.18. The zero-order valence-electron chi connectivity index (χ0n) is 23.9. The molecule has 6 heteroatoms. The standard InChI is InChI=1S/C34H38N2O4/c1-5-36(34(38)27-14-15-27)20-8-10-26(28-16-17-31-29(23-28)9-7-19-35-31)13-11-24(3)30-21-25(12-18-32(30)39-4)22-33(37)40-6-2/h7-13,16-19,21,23,27H,5-6,14-15,20,22H2,1-4H3/b10-8+,24-11+,26-13+. The molecule has 1 aliphatic rings. The number of ether oxygens (including phenoxy) is 2. The van der Waals surface area contributed by atoms with Gasteiger partial charge in [0, 0.05) is 36.2 Å². The first-order valence-electron chi connectivity index (χ1n) is 14.0. The average Bonchev–Trinajstić information content (AvgIpc) is 3.82. The van der Waals surface area contributed by atoms with Crippen molar-refractivity contribution in [2.45, 2.75) is 40.0 Å². The van der Waals surface area contributed by atoms with E-state index in [-0.39, 0.29) is 24.2 Å². The number of nitrogens with zero attached hydrogens (tertiary/aromatic N) is 2. The van der Waals surface area contributed by atoms with Gasteiger partial charge >= 0.3 is 5.97 Å². The van der Waals surface area contributed by atoms with Crippen molar-refractivity contribution in [1.82, 2.24) is 9.88 Å². The Hall–Kier alpha value is -4.19. The van der Waals surface area contributed by atoms with Gasteiger partial charge in [-0.3, -0.25) is 14.6 Å². The molecule has 0 radical (unpaired) electrons. The maximum Gasteiger partial charge on any atom is 0.310 e. The third-order valence-electron chi connectivity index (χ3n) is 7.03. The SMILES string of the molecule is CCOC(=O)Cc1ccc(OC)c(/C(C)=C/C=C(\C=C\CN(CC)C(=O)C2CC2)c2ccc3ncccc3c2)c1. The van der Waals surface area contributed by atoms with Crippen LogP contribution in [0.3, 0.4) is 0 Å². The number of rotatable bonds is 12. The smallest absolute Gasteiger partial charge is 0.310 e. The van der Waals surface area contributed by atoms with E-state index in [1.54, 1.807) is 20.2 Å². The number of amides is 1. The van der Waals surface area contributed by atoms with E-state index in [0.717, 1.165) is 57.3 Å². The summed E-state index contributed by atoms with van der Waals surface area (Å²) >= 11 is 0. The van der Waals surface area contributed by atoms with Crippen molar-refractivity contribution in [2.24, 2.45) is 5.92 Å². The molecule has 1 aromatic heterocycles. The van der Waals surface area contributed by atoms with Crippen LogP contribution in [0.1, 0.15) is 50.3 Å². The van der Waals surface area contributed by atoms with Crippen molar-refractivity contribution in [3.63, 3.8) is 0 Å². The van der Waals surface area contributed by atoms with E-state index in [4.69, 9.17) is 9.47 Å². The van der Waals surface area contributed by atoms with Crippen LogP contribution in [0, 0.1) is 5.92 Å². The van der Waals surface area contributed by atoms with Crippen LogP contribution in [0.4, 0.5) is 0 Å². The molecule has 0 aliphatic heterocycles. The number of pyridine rings is 1. The van der Waals surface area contributed by atoms with Gasteiger partial charge in [0.2, 0.25) is 5.91 Å². The van der Waals surface area contributed by atoms with E-state index in [2.05, 4.69) is 47.5 Å². The Labute approximate surface area is 237 Å². The third kappa shape index (κ3) is 7.47. The number of fused-ring (bicyclic) bond motifs is 1. The minimum Gasteiger partial charge on any atom is -0.496 e. The summed E-state index contributed by atoms with van der Waals surface area (Å²) < 4.78 is 10.8. The maximum atomic E-state index is 12.6. The third-order valence-corrected chi connectivity index (χ3v) is 7.03. The summed E-state index contributed by atoms with van der Waals surface area (Å²) in [4.78, 5) is 31.0. The molecule has 6 nitrogen and oxygen atoms in total. The Morgan fingerprint density at radius 2 is 1.90 bits per heavy atom. The van der Waals surface area contributed by atoms with Gasteiger partial charge in [-0.25, -0.2) is 0 Å². The lowest BCUT2D eigenvalue weighted by atomic mass is 9.99. The average molecular weight is 539 g/mol. The predicted molar refractivity (Wildman–Crippen MR) is 161 cm³/mol. The number of methoxy groups -OCH3 is 1. The highest BCUT2D eigenvalue weighted by molar-refractivity contribution is 5.87. The summed E-state index contributed by atoms with van der Waals surface area (Å²) in [6.45, 7) is 7.49. The summed E-state index contributed by atoms with van der Waals surface area (Å²) in [5.41, 5.74) is 5.79. The fourth-order valence-electron chi connectivity index (χ4n) is 4.63. The molecule has 0 atom stereocenters. The quantitative estimate of drug-likeness (QED) is 0.191. The normalized spacial score (nSPS) is 14.0. The molecule has 0 bridgehead atoms. The van der Waals surface area contributed by atoms with Crippen LogP contribution in [0.2, 0.25) is 0 Å². The van der Waals surface area contributed by atoms with E-state index in [0.29, 0.717) is 19.7 Å². The molecule has 2 aromatic carbocycles. The van der Waals surface area contributed by atoms with E-state index >= 15 is 0 Å². The van der Waals surface area contributed by atoms with Gasteiger partial charge in [0.15, 0.2) is 0 Å². The fourth-order valence-corrected chi connectivity index (χ4v) is 4.63. The van der Waals surface area contributed by atoms with Gasteiger partial charge in [-0.1, -0.05) is 42.5 Å². The minimum absolute atomic E-state index is 0.205. The van der Waals surface area contributed by atoms with E-state index in [1.807, 2.05) is 49.1 Å². The maximum absolute atomic E-state index is 12.6. The van der Waals surface area contributed by atoms with E-state index in [9.17, 15) is 9.59 Å². The van der Waals surface area contributed by atoms with E-state index < -0.39 is 0 Å². The summed E-state index contributed by atoms with van der Waals surface area (Å²) in [5, 5.41) is 1.06. The molecule has 0 N–H and O–H groups in total. The number of benzene rings is 2. The lowest BCUT2D eigenvalue weighted by molar-refractivity contribution is -0.142. The highest BCUT2D eigenvalue weighted by Crippen LogP contribution is 2.31. The first-order valence-corrected chi connectivity index (χ1v) is 14.0. The summed E-state index contributed by atoms with van der Waals surface area (Å²) in [6, 6.07) is 16.0. The van der Waals surface area contributed by atoms with Crippen LogP contribution in [-0.2, 0) is 20.7 Å². The molecular formula is C34H38N2O4. The van der Waals surface area contributed by atoms with Crippen LogP contribution in [0.15, 0.2) is 79.0 Å². The van der Waals surface area contributed by atoms with Crippen molar-refractivity contribution in [3.05, 3.63) is 95.7 Å². The van der Waals surface area contributed by atoms with Gasteiger partial charge in [0.05, 0.1) is 25.7 Å². The number of carbonyl (C=O) groups is 2. The first kappa shape index (κ1) is 28.8. The van der Waals surface area contributed by atoms with Gasteiger partial charge in [-0.15, -0.1) is 0 Å². The predicted octanol–water partition coefficient (Wildman–Crippen LogP) is 6.65. The van der Waals surface area contributed by atoms with Crippen LogP contribution < -0.4 is 4.74 Å². The zero-order chi connectivity index (χ0) is 28.5. The van der Waals surface area contributed by atoms with E-state index in [1.165, 1.54) is 0 Å². The molecule has 1 amide bonds. The van der Waals surface area contributed by atoms with Crippen molar-refractivity contribution >= 4 is 33.9 Å². The number of hydrogen-bond acceptors (Lipinski definition) is 5. The fraction of sp³-hybridized carbons (Fsp3) is 0.324. The first-order chi connectivity index (χ1) is 19.4. The number of carbonyl (C=O) groups excluding carboxylic acids is 2. The molecule has 3 aromatic rings. The molecule has 1 heterocycles.